The number of ketones is 1. The van der Waals surface area contributed by atoms with E-state index in [0.717, 1.165) is 6.26 Å². The van der Waals surface area contributed by atoms with E-state index in [1.807, 2.05) is 0 Å². The van der Waals surface area contributed by atoms with Crippen molar-refractivity contribution in [3.8, 4) is 0 Å². The summed E-state index contributed by atoms with van der Waals surface area (Å²) in [6.07, 6.45) is 1.09. The molecule has 1 unspecified atom stereocenters. The average molecular weight is 274 g/mol. The Bertz CT molecular complexity index is 661. The van der Waals surface area contributed by atoms with Gasteiger partial charge in [0.15, 0.2) is 15.6 Å². The minimum absolute atomic E-state index is 0.394. The lowest BCUT2D eigenvalue weighted by atomic mass is 10.0. The highest BCUT2D eigenvalue weighted by Crippen LogP contribution is 2.25. The molecule has 0 aromatic heterocycles. The number of carbonyl (C=O) groups excluding carboxylic acids is 1. The first-order valence-corrected chi connectivity index (χ1v) is 7.78. The summed E-state index contributed by atoms with van der Waals surface area (Å²) in [5.74, 6) is -0.394. The van der Waals surface area contributed by atoms with Gasteiger partial charge in [0.1, 0.15) is 5.25 Å². The van der Waals surface area contributed by atoms with E-state index in [0.29, 0.717) is 11.1 Å². The normalized spacial score (nSPS) is 12.9. The Labute approximate surface area is 112 Å². The van der Waals surface area contributed by atoms with Crippen molar-refractivity contribution in [1.29, 1.82) is 0 Å². The number of rotatable bonds is 4. The molecule has 0 amide bonds. The molecular weight excluding hydrogens is 260 g/mol. The van der Waals surface area contributed by atoms with Gasteiger partial charge in [-0.15, -0.1) is 0 Å². The summed E-state index contributed by atoms with van der Waals surface area (Å²) in [6.45, 7) is 0. The van der Waals surface area contributed by atoms with Gasteiger partial charge in [-0.1, -0.05) is 60.7 Å². The third-order valence-corrected chi connectivity index (χ3v) is 4.17. The molecule has 2 aromatic carbocycles. The van der Waals surface area contributed by atoms with Gasteiger partial charge in [0.2, 0.25) is 0 Å². The molecule has 4 heteroatoms. The second-order valence-electron chi connectivity index (χ2n) is 4.35. The van der Waals surface area contributed by atoms with Crippen LogP contribution in [0.25, 0.3) is 0 Å². The van der Waals surface area contributed by atoms with Gasteiger partial charge in [-0.25, -0.2) is 8.42 Å². The van der Waals surface area contributed by atoms with Crippen LogP contribution in [-0.4, -0.2) is 20.5 Å². The quantitative estimate of drug-likeness (QED) is 0.805. The van der Waals surface area contributed by atoms with Crippen molar-refractivity contribution in [1.82, 2.24) is 0 Å². The smallest absolute Gasteiger partial charge is 0.185 e. The molecule has 0 saturated carbocycles. The van der Waals surface area contributed by atoms with Gasteiger partial charge in [-0.3, -0.25) is 4.79 Å². The molecule has 0 radical (unpaired) electrons. The van der Waals surface area contributed by atoms with Crippen LogP contribution < -0.4 is 0 Å². The largest absolute Gasteiger partial charge is 0.292 e. The maximum absolute atomic E-state index is 12.4. The lowest BCUT2D eigenvalue weighted by Crippen LogP contribution is -2.21. The number of carbonyl (C=O) groups is 1. The molecule has 19 heavy (non-hydrogen) atoms. The third-order valence-electron chi connectivity index (χ3n) is 2.83. The number of hydrogen-bond acceptors (Lipinski definition) is 3. The maximum Gasteiger partial charge on any atom is 0.185 e. The van der Waals surface area contributed by atoms with Crippen LogP contribution in [0.3, 0.4) is 0 Å². The Morgan fingerprint density at radius 1 is 0.895 bits per heavy atom. The average Bonchev–Trinajstić information content (AvgIpc) is 2.39. The molecule has 2 rings (SSSR count). The van der Waals surface area contributed by atoms with Crippen LogP contribution in [-0.2, 0) is 9.84 Å². The summed E-state index contributed by atoms with van der Waals surface area (Å²) < 4.78 is 23.9. The SMILES string of the molecule is CS(=O)(=O)C(C(=O)c1ccccc1)c1ccccc1. The van der Waals surface area contributed by atoms with Crippen molar-refractivity contribution in [3.05, 3.63) is 71.8 Å². The molecule has 3 nitrogen and oxygen atoms in total. The second kappa shape index (κ2) is 5.36. The summed E-state index contributed by atoms with van der Waals surface area (Å²) in [6, 6.07) is 17.0. The molecule has 0 aliphatic heterocycles. The molecule has 98 valence electrons. The van der Waals surface area contributed by atoms with E-state index < -0.39 is 20.9 Å². The summed E-state index contributed by atoms with van der Waals surface area (Å²) in [7, 11) is -3.51. The monoisotopic (exact) mass is 274 g/mol. The molecule has 0 N–H and O–H groups in total. The van der Waals surface area contributed by atoms with Crippen molar-refractivity contribution in [2.45, 2.75) is 5.25 Å². The van der Waals surface area contributed by atoms with Crippen molar-refractivity contribution < 1.29 is 13.2 Å². The fraction of sp³-hybridized carbons (Fsp3) is 0.133. The van der Waals surface area contributed by atoms with Crippen LogP contribution in [0.15, 0.2) is 60.7 Å². The van der Waals surface area contributed by atoms with E-state index in [9.17, 15) is 13.2 Å². The van der Waals surface area contributed by atoms with Crippen LogP contribution in [0.4, 0.5) is 0 Å². The Morgan fingerprint density at radius 2 is 1.37 bits per heavy atom. The first-order valence-electron chi connectivity index (χ1n) is 5.83. The summed E-state index contributed by atoms with van der Waals surface area (Å²) in [5.41, 5.74) is 0.903. The van der Waals surface area contributed by atoms with Crippen molar-refractivity contribution >= 4 is 15.6 Å². The molecule has 2 aromatic rings. The van der Waals surface area contributed by atoms with Gasteiger partial charge in [0, 0.05) is 11.8 Å². The fourth-order valence-corrected chi connectivity index (χ4v) is 3.15. The van der Waals surface area contributed by atoms with E-state index in [4.69, 9.17) is 0 Å². The minimum atomic E-state index is -3.51. The standard InChI is InChI=1S/C15H14O3S/c1-19(17,18)15(13-10-6-3-7-11-13)14(16)12-8-4-2-5-9-12/h2-11,15H,1H3. The molecule has 1 atom stereocenters. The zero-order chi connectivity index (χ0) is 13.9. The highest BCUT2D eigenvalue weighted by molar-refractivity contribution is 7.91. The van der Waals surface area contributed by atoms with Crippen molar-refractivity contribution in [3.63, 3.8) is 0 Å². The maximum atomic E-state index is 12.4. The zero-order valence-corrected chi connectivity index (χ0v) is 11.3. The van der Waals surface area contributed by atoms with Crippen LogP contribution in [0.1, 0.15) is 21.2 Å². The van der Waals surface area contributed by atoms with Crippen molar-refractivity contribution in [2.75, 3.05) is 6.26 Å². The fourth-order valence-electron chi connectivity index (χ4n) is 1.97. The van der Waals surface area contributed by atoms with E-state index >= 15 is 0 Å². The topological polar surface area (TPSA) is 51.2 Å². The summed E-state index contributed by atoms with van der Waals surface area (Å²) in [4.78, 5) is 12.4. The zero-order valence-electron chi connectivity index (χ0n) is 10.5. The molecule has 0 heterocycles. The molecule has 0 aliphatic rings. The molecule has 0 spiro atoms. The Hall–Kier alpha value is -1.94. The Morgan fingerprint density at radius 3 is 1.84 bits per heavy atom. The van der Waals surface area contributed by atoms with Crippen LogP contribution in [0, 0.1) is 0 Å². The first kappa shape index (κ1) is 13.5. The Balaban J connectivity index is 2.50. The van der Waals surface area contributed by atoms with Gasteiger partial charge in [-0.05, 0) is 5.56 Å². The first-order chi connectivity index (χ1) is 9.00. The third kappa shape index (κ3) is 3.09. The molecule has 0 bridgehead atoms. The van der Waals surface area contributed by atoms with Gasteiger partial charge in [0.05, 0.1) is 0 Å². The van der Waals surface area contributed by atoms with E-state index in [1.165, 1.54) is 0 Å². The predicted octanol–water partition coefficient (Wildman–Crippen LogP) is 2.66. The van der Waals surface area contributed by atoms with Gasteiger partial charge in [-0.2, -0.15) is 0 Å². The number of benzene rings is 2. The van der Waals surface area contributed by atoms with E-state index in [-0.39, 0.29) is 0 Å². The highest BCUT2D eigenvalue weighted by Gasteiger charge is 2.31. The van der Waals surface area contributed by atoms with Crippen molar-refractivity contribution in [2.24, 2.45) is 0 Å². The van der Waals surface area contributed by atoms with Crippen LogP contribution in [0.2, 0.25) is 0 Å². The highest BCUT2D eigenvalue weighted by atomic mass is 32.2. The number of Topliss-reactive ketones (excluding diaryl/α,β-unsaturated/α-hetero) is 1. The van der Waals surface area contributed by atoms with Gasteiger partial charge >= 0.3 is 0 Å². The van der Waals surface area contributed by atoms with Crippen LogP contribution in [0.5, 0.6) is 0 Å². The summed E-state index contributed by atoms with van der Waals surface area (Å²) >= 11 is 0. The second-order valence-corrected chi connectivity index (χ2v) is 6.48. The molecule has 0 aliphatic carbocycles. The Kier molecular flexibility index (Phi) is 3.81. The minimum Gasteiger partial charge on any atom is -0.292 e. The molecule has 0 saturated heterocycles. The molecule has 0 fully saturated rings. The number of sulfone groups is 1. The van der Waals surface area contributed by atoms with E-state index in [2.05, 4.69) is 0 Å². The van der Waals surface area contributed by atoms with Crippen LogP contribution >= 0.6 is 0 Å². The van der Waals surface area contributed by atoms with Gasteiger partial charge in [0.25, 0.3) is 0 Å². The molecular formula is C15H14O3S. The lowest BCUT2D eigenvalue weighted by Gasteiger charge is -2.14. The number of hydrogen-bond donors (Lipinski definition) is 0. The summed E-state index contributed by atoms with van der Waals surface area (Å²) in [5, 5.41) is -1.14. The van der Waals surface area contributed by atoms with Gasteiger partial charge < -0.3 is 0 Å². The lowest BCUT2D eigenvalue weighted by molar-refractivity contribution is 0.0987. The predicted molar refractivity (Wildman–Crippen MR) is 74.8 cm³/mol. The van der Waals surface area contributed by atoms with E-state index in [1.54, 1.807) is 60.7 Å².